The Labute approximate surface area is 212 Å². The van der Waals surface area contributed by atoms with E-state index in [1.54, 1.807) is 18.4 Å². The molecule has 2 aliphatic rings. The molecule has 1 aromatic heterocycles. The number of allylic oxidation sites excluding steroid dienone is 3. The standard InChI is InChI=1S/C31H34O3S/c1-33-25-16-14-24(15-17-25)31-29(27-10-6-7-11-28(27)35-31)30(32)23-12-18-26(19-13-23)34-21-20-22-8-4-2-3-5-9-22/h6-7,10-14,16-19,22,24H,2-5,8-9,15,20-21H2,1H3. The summed E-state index contributed by atoms with van der Waals surface area (Å²) in [5, 5.41) is 1.04. The highest BCUT2D eigenvalue weighted by atomic mass is 32.1. The van der Waals surface area contributed by atoms with Crippen molar-refractivity contribution in [3.05, 3.63) is 88.5 Å². The van der Waals surface area contributed by atoms with Crippen molar-refractivity contribution < 1.29 is 14.3 Å². The van der Waals surface area contributed by atoms with Gasteiger partial charge in [-0.1, -0.05) is 62.8 Å². The van der Waals surface area contributed by atoms with E-state index in [4.69, 9.17) is 9.47 Å². The Morgan fingerprint density at radius 2 is 1.77 bits per heavy atom. The molecule has 3 aromatic rings. The number of hydrogen-bond donors (Lipinski definition) is 0. The maximum Gasteiger partial charge on any atom is 0.194 e. The molecule has 2 aromatic carbocycles. The minimum absolute atomic E-state index is 0.0809. The highest BCUT2D eigenvalue weighted by Crippen LogP contribution is 2.41. The summed E-state index contributed by atoms with van der Waals surface area (Å²) < 4.78 is 12.6. The first-order valence-electron chi connectivity index (χ1n) is 12.9. The third-order valence-electron chi connectivity index (χ3n) is 7.37. The van der Waals surface area contributed by atoms with Crippen LogP contribution in [0.4, 0.5) is 0 Å². The number of carbonyl (C=O) groups excluding carboxylic acids is 1. The molecule has 0 spiro atoms. The van der Waals surface area contributed by atoms with Gasteiger partial charge in [-0.05, 0) is 61.2 Å². The molecule has 182 valence electrons. The molecular weight excluding hydrogens is 452 g/mol. The van der Waals surface area contributed by atoms with Crippen LogP contribution in [0, 0.1) is 5.92 Å². The zero-order chi connectivity index (χ0) is 24.0. The Morgan fingerprint density at radius 1 is 1.00 bits per heavy atom. The molecule has 0 saturated heterocycles. The lowest BCUT2D eigenvalue weighted by Crippen LogP contribution is -2.08. The number of methoxy groups -OCH3 is 1. The summed E-state index contributed by atoms with van der Waals surface area (Å²) in [6.07, 6.45) is 16.4. The summed E-state index contributed by atoms with van der Waals surface area (Å²) >= 11 is 1.72. The summed E-state index contributed by atoms with van der Waals surface area (Å²) in [6.45, 7) is 0.752. The molecule has 5 rings (SSSR count). The number of ether oxygens (including phenoxy) is 2. The lowest BCUT2D eigenvalue weighted by atomic mass is 9.91. The van der Waals surface area contributed by atoms with Crippen molar-refractivity contribution in [1.82, 2.24) is 0 Å². The number of thiophene rings is 1. The molecule has 1 unspecified atom stereocenters. The summed E-state index contributed by atoms with van der Waals surface area (Å²) in [7, 11) is 1.69. The zero-order valence-electron chi connectivity index (χ0n) is 20.5. The van der Waals surface area contributed by atoms with Gasteiger partial charge in [-0.3, -0.25) is 4.79 Å². The molecule has 0 amide bonds. The Morgan fingerprint density at radius 3 is 2.49 bits per heavy atom. The van der Waals surface area contributed by atoms with Crippen molar-refractivity contribution in [3.8, 4) is 5.75 Å². The van der Waals surface area contributed by atoms with E-state index in [-0.39, 0.29) is 11.7 Å². The molecule has 2 aliphatic carbocycles. The van der Waals surface area contributed by atoms with Crippen molar-refractivity contribution >= 4 is 27.2 Å². The number of hydrogen-bond acceptors (Lipinski definition) is 4. The third-order valence-corrected chi connectivity index (χ3v) is 8.68. The fourth-order valence-electron chi connectivity index (χ4n) is 5.35. The normalized spacial score (nSPS) is 18.8. The second kappa shape index (κ2) is 11.3. The average Bonchev–Trinajstić information content (AvgIpc) is 3.10. The van der Waals surface area contributed by atoms with Crippen LogP contribution in [0.15, 0.2) is 72.5 Å². The highest BCUT2D eigenvalue weighted by Gasteiger charge is 2.25. The van der Waals surface area contributed by atoms with E-state index in [2.05, 4.69) is 24.3 Å². The Kier molecular flexibility index (Phi) is 7.68. The maximum absolute atomic E-state index is 13.8. The second-order valence-corrected chi connectivity index (χ2v) is 10.8. The van der Waals surface area contributed by atoms with Crippen LogP contribution < -0.4 is 4.74 Å². The zero-order valence-corrected chi connectivity index (χ0v) is 21.3. The molecule has 4 heteroatoms. The van der Waals surface area contributed by atoms with Gasteiger partial charge in [0.1, 0.15) is 11.5 Å². The van der Waals surface area contributed by atoms with Gasteiger partial charge in [0.05, 0.1) is 13.7 Å². The van der Waals surface area contributed by atoms with Gasteiger partial charge in [0, 0.05) is 32.0 Å². The van der Waals surface area contributed by atoms with Crippen LogP contribution in [0.2, 0.25) is 0 Å². The van der Waals surface area contributed by atoms with Gasteiger partial charge in [0.2, 0.25) is 0 Å². The Hall–Kier alpha value is -2.85. The fourth-order valence-corrected chi connectivity index (χ4v) is 6.64. The number of benzene rings is 2. The first-order valence-corrected chi connectivity index (χ1v) is 13.8. The molecule has 1 saturated carbocycles. The van der Waals surface area contributed by atoms with Gasteiger partial charge in [0.25, 0.3) is 0 Å². The molecular formula is C31H34O3S. The predicted molar refractivity (Wildman–Crippen MR) is 145 cm³/mol. The molecule has 1 atom stereocenters. The molecule has 0 radical (unpaired) electrons. The minimum atomic E-state index is 0.0809. The number of rotatable bonds is 8. The van der Waals surface area contributed by atoms with E-state index in [0.29, 0.717) is 5.56 Å². The first-order chi connectivity index (χ1) is 17.2. The van der Waals surface area contributed by atoms with Crippen molar-refractivity contribution in [3.63, 3.8) is 0 Å². The first kappa shape index (κ1) is 23.9. The van der Waals surface area contributed by atoms with Crippen LogP contribution in [0.25, 0.3) is 10.1 Å². The van der Waals surface area contributed by atoms with Crippen LogP contribution in [0.5, 0.6) is 5.75 Å². The van der Waals surface area contributed by atoms with E-state index in [9.17, 15) is 4.79 Å². The van der Waals surface area contributed by atoms with E-state index < -0.39 is 0 Å². The van der Waals surface area contributed by atoms with Crippen molar-refractivity contribution in [2.75, 3.05) is 13.7 Å². The van der Waals surface area contributed by atoms with Crippen molar-refractivity contribution in [2.24, 2.45) is 5.92 Å². The topological polar surface area (TPSA) is 35.5 Å². The summed E-state index contributed by atoms with van der Waals surface area (Å²) in [5.74, 6) is 2.78. The monoisotopic (exact) mass is 486 g/mol. The van der Waals surface area contributed by atoms with Crippen LogP contribution in [-0.4, -0.2) is 19.5 Å². The fraction of sp³-hybridized carbons (Fsp3) is 0.387. The highest BCUT2D eigenvalue weighted by molar-refractivity contribution is 7.19. The number of ketones is 1. The van der Waals surface area contributed by atoms with Gasteiger partial charge in [-0.2, -0.15) is 0 Å². The van der Waals surface area contributed by atoms with Crippen LogP contribution in [-0.2, 0) is 4.74 Å². The van der Waals surface area contributed by atoms with E-state index in [1.165, 1.54) is 38.5 Å². The van der Waals surface area contributed by atoms with Crippen molar-refractivity contribution in [1.29, 1.82) is 0 Å². The summed E-state index contributed by atoms with van der Waals surface area (Å²) in [6, 6.07) is 16.0. The smallest absolute Gasteiger partial charge is 0.194 e. The molecule has 1 heterocycles. The molecule has 0 bridgehead atoms. The minimum Gasteiger partial charge on any atom is -0.497 e. The van der Waals surface area contributed by atoms with E-state index in [0.717, 1.165) is 57.4 Å². The van der Waals surface area contributed by atoms with Crippen LogP contribution in [0.3, 0.4) is 0 Å². The van der Waals surface area contributed by atoms with E-state index >= 15 is 0 Å². The Bertz CT molecular complexity index is 1210. The van der Waals surface area contributed by atoms with Gasteiger partial charge in [0.15, 0.2) is 5.78 Å². The SMILES string of the molecule is COC1=CCC(c2sc3ccccc3c2C(=O)c2ccc(OCCC3CCCCCC3)cc2)C=C1. The molecule has 0 aliphatic heterocycles. The average molecular weight is 487 g/mol. The second-order valence-electron chi connectivity index (χ2n) is 9.70. The van der Waals surface area contributed by atoms with Gasteiger partial charge in [-0.25, -0.2) is 0 Å². The van der Waals surface area contributed by atoms with Crippen LogP contribution in [0.1, 0.15) is 78.1 Å². The largest absolute Gasteiger partial charge is 0.497 e. The van der Waals surface area contributed by atoms with Crippen LogP contribution >= 0.6 is 11.3 Å². The van der Waals surface area contributed by atoms with E-state index in [1.807, 2.05) is 42.5 Å². The number of fused-ring (bicyclic) bond motifs is 1. The van der Waals surface area contributed by atoms with Gasteiger partial charge in [-0.15, -0.1) is 11.3 Å². The summed E-state index contributed by atoms with van der Waals surface area (Å²) in [5.41, 5.74) is 1.54. The van der Waals surface area contributed by atoms with Gasteiger partial charge < -0.3 is 9.47 Å². The molecule has 1 fully saturated rings. The maximum atomic E-state index is 13.8. The summed E-state index contributed by atoms with van der Waals surface area (Å²) in [4.78, 5) is 14.9. The van der Waals surface area contributed by atoms with Gasteiger partial charge >= 0.3 is 0 Å². The molecule has 3 nitrogen and oxygen atoms in total. The lowest BCUT2D eigenvalue weighted by Gasteiger charge is -2.16. The lowest BCUT2D eigenvalue weighted by molar-refractivity contribution is 0.103. The molecule has 0 N–H and O–H groups in total. The number of carbonyl (C=O) groups is 1. The Balaban J connectivity index is 1.31. The van der Waals surface area contributed by atoms with Crippen molar-refractivity contribution in [2.45, 2.75) is 57.3 Å². The predicted octanol–water partition coefficient (Wildman–Crippen LogP) is 8.45. The quantitative estimate of drug-likeness (QED) is 0.237. The third kappa shape index (κ3) is 5.54. The molecule has 35 heavy (non-hydrogen) atoms.